The zero-order chi connectivity index (χ0) is 16.4. The second kappa shape index (κ2) is 4.70. The van der Waals surface area contributed by atoms with Crippen molar-refractivity contribution in [3.05, 3.63) is 105 Å². The zero-order valence-corrected chi connectivity index (χ0v) is 13.8. The summed E-state index contributed by atoms with van der Waals surface area (Å²) < 4.78 is 0. The van der Waals surface area contributed by atoms with Gasteiger partial charge in [0.2, 0.25) is 0 Å². The first kappa shape index (κ1) is 13.2. The van der Waals surface area contributed by atoms with E-state index in [1.165, 1.54) is 53.5 Å². The molecule has 0 amide bonds. The summed E-state index contributed by atoms with van der Waals surface area (Å²) >= 11 is 0. The highest BCUT2D eigenvalue weighted by atomic mass is 14.2. The van der Waals surface area contributed by atoms with Gasteiger partial charge in [0, 0.05) is 0 Å². The monoisotopic (exact) mass is 316 g/mol. The summed E-state index contributed by atoms with van der Waals surface area (Å²) in [5, 5.41) is 10.9. The molecule has 0 radical (unpaired) electrons. The normalized spacial score (nSPS) is 13.9. The van der Waals surface area contributed by atoms with Crippen LogP contribution < -0.4 is 10.4 Å². The molecule has 0 saturated heterocycles. The molecular weight excluding hydrogens is 300 g/mol. The van der Waals surface area contributed by atoms with Gasteiger partial charge in [-0.05, 0) is 78.2 Å². The Bertz CT molecular complexity index is 1450. The second-order valence-corrected chi connectivity index (χ2v) is 6.95. The summed E-state index contributed by atoms with van der Waals surface area (Å²) in [5.74, 6) is 0. The Morgan fingerprint density at radius 1 is 0.680 bits per heavy atom. The van der Waals surface area contributed by atoms with E-state index in [4.69, 9.17) is 0 Å². The van der Waals surface area contributed by atoms with Crippen LogP contribution in [0.15, 0.2) is 72.8 Å². The first-order valence-electron chi connectivity index (χ1n) is 8.85. The van der Waals surface area contributed by atoms with Crippen molar-refractivity contribution in [1.29, 1.82) is 0 Å². The molecule has 2 aliphatic carbocycles. The molecule has 2 aliphatic rings. The van der Waals surface area contributed by atoms with E-state index in [9.17, 15) is 0 Å². The fourth-order valence-electron chi connectivity index (χ4n) is 4.50. The summed E-state index contributed by atoms with van der Waals surface area (Å²) in [6, 6.07) is 22.4. The van der Waals surface area contributed by atoms with Gasteiger partial charge in [-0.25, -0.2) is 0 Å². The maximum absolute atomic E-state index is 2.41. The van der Waals surface area contributed by atoms with Gasteiger partial charge < -0.3 is 0 Å². The number of hydrogen-bond acceptors (Lipinski definition) is 0. The van der Waals surface area contributed by atoms with Crippen LogP contribution in [0.25, 0.3) is 33.7 Å². The molecule has 116 valence electrons. The fraction of sp³-hybridized carbons (Fsp3) is 0.0400. The molecule has 0 saturated carbocycles. The van der Waals surface area contributed by atoms with E-state index in [-0.39, 0.29) is 0 Å². The minimum absolute atomic E-state index is 1.01. The topological polar surface area (TPSA) is 0 Å². The predicted molar refractivity (Wildman–Crippen MR) is 106 cm³/mol. The van der Waals surface area contributed by atoms with Crippen molar-refractivity contribution in [3.8, 4) is 0 Å². The molecule has 4 aromatic carbocycles. The van der Waals surface area contributed by atoms with E-state index in [2.05, 4.69) is 85.0 Å². The number of allylic oxidation sites excluding steroid dienone is 2. The van der Waals surface area contributed by atoms with E-state index < -0.39 is 0 Å². The first-order chi connectivity index (χ1) is 12.4. The van der Waals surface area contributed by atoms with Gasteiger partial charge in [-0.15, -0.1) is 0 Å². The standard InChI is InChI=1S/C25H16/c1-2-8-18-16(7-1)13-17-14-24-21-11-5-3-9-19(21)20-10-4-6-12-22(20)25(24)15-23(17)18/h1-10,12-15H,11H2. The number of fused-ring (bicyclic) bond motifs is 8. The van der Waals surface area contributed by atoms with Gasteiger partial charge in [0.25, 0.3) is 0 Å². The molecule has 0 bridgehead atoms. The Morgan fingerprint density at radius 2 is 1.52 bits per heavy atom. The third-order valence-electron chi connectivity index (χ3n) is 5.63. The van der Waals surface area contributed by atoms with E-state index >= 15 is 0 Å². The van der Waals surface area contributed by atoms with Crippen LogP contribution in [0.1, 0.15) is 11.1 Å². The minimum atomic E-state index is 1.01. The van der Waals surface area contributed by atoms with Gasteiger partial charge in [-0.3, -0.25) is 0 Å². The van der Waals surface area contributed by atoms with Crippen LogP contribution in [0, 0.1) is 10.4 Å². The van der Waals surface area contributed by atoms with Crippen LogP contribution in [0.2, 0.25) is 0 Å². The van der Waals surface area contributed by atoms with Crippen LogP contribution in [0.5, 0.6) is 0 Å². The molecule has 0 unspecified atom stereocenters. The summed E-state index contributed by atoms with van der Waals surface area (Å²) in [6.07, 6.45) is 10.1. The lowest BCUT2D eigenvalue weighted by Gasteiger charge is -2.14. The van der Waals surface area contributed by atoms with Crippen LogP contribution in [-0.2, 0) is 6.42 Å². The molecule has 6 rings (SSSR count). The Hall–Kier alpha value is -3.12. The van der Waals surface area contributed by atoms with E-state index in [1.54, 1.807) is 0 Å². The minimum Gasteiger partial charge on any atom is -0.0801 e. The van der Waals surface area contributed by atoms with Crippen molar-refractivity contribution in [2.75, 3.05) is 0 Å². The quantitative estimate of drug-likeness (QED) is 0.373. The van der Waals surface area contributed by atoms with Crippen molar-refractivity contribution < 1.29 is 0 Å². The van der Waals surface area contributed by atoms with Crippen LogP contribution >= 0.6 is 0 Å². The smallest absolute Gasteiger partial charge is 0.00820 e. The lowest BCUT2D eigenvalue weighted by Crippen LogP contribution is -2.13. The van der Waals surface area contributed by atoms with Crippen molar-refractivity contribution in [1.82, 2.24) is 0 Å². The number of rotatable bonds is 0. The molecule has 0 atom stereocenters. The number of benzene rings is 4. The van der Waals surface area contributed by atoms with Crippen LogP contribution in [0.4, 0.5) is 0 Å². The van der Waals surface area contributed by atoms with Crippen LogP contribution in [-0.4, -0.2) is 0 Å². The Labute approximate surface area is 145 Å². The molecule has 25 heavy (non-hydrogen) atoms. The Balaban J connectivity index is 1.94. The van der Waals surface area contributed by atoms with Crippen molar-refractivity contribution in [2.45, 2.75) is 6.42 Å². The molecule has 0 heteroatoms. The molecule has 0 N–H and O–H groups in total. The van der Waals surface area contributed by atoms with E-state index in [1.807, 2.05) is 0 Å². The molecule has 0 fully saturated rings. The molecular formula is C25H16. The highest BCUT2D eigenvalue weighted by Crippen LogP contribution is 2.29. The average molecular weight is 316 g/mol. The largest absolute Gasteiger partial charge is 0.0801 e. The zero-order valence-electron chi connectivity index (χ0n) is 13.8. The van der Waals surface area contributed by atoms with Gasteiger partial charge in [-0.1, -0.05) is 66.8 Å². The maximum Gasteiger partial charge on any atom is -0.00820 e. The summed E-state index contributed by atoms with van der Waals surface area (Å²) in [5.41, 5.74) is 2.81. The highest BCUT2D eigenvalue weighted by Gasteiger charge is 2.13. The van der Waals surface area contributed by atoms with Crippen LogP contribution in [0.3, 0.4) is 0 Å². The van der Waals surface area contributed by atoms with Gasteiger partial charge in [0.05, 0.1) is 0 Å². The number of hydrogen-bond donors (Lipinski definition) is 0. The second-order valence-electron chi connectivity index (χ2n) is 6.95. The van der Waals surface area contributed by atoms with Crippen molar-refractivity contribution >= 4 is 33.7 Å². The van der Waals surface area contributed by atoms with Gasteiger partial charge in [-0.2, -0.15) is 0 Å². The van der Waals surface area contributed by atoms with E-state index in [0.29, 0.717) is 0 Å². The SMILES string of the molecule is C1=CCc2c(c3ccccc3c3cc4c(cc23)C=c2ccccc2=4)=C1. The predicted octanol–water partition coefficient (Wildman–Crippen LogP) is 4.31. The molecule has 0 nitrogen and oxygen atoms in total. The molecule has 0 heterocycles. The summed E-state index contributed by atoms with van der Waals surface area (Å²) in [6.45, 7) is 0. The maximum atomic E-state index is 2.41. The summed E-state index contributed by atoms with van der Waals surface area (Å²) in [4.78, 5) is 0. The van der Waals surface area contributed by atoms with Gasteiger partial charge in [0.1, 0.15) is 0 Å². The molecule has 0 spiro atoms. The average Bonchev–Trinajstić information content (AvgIpc) is 3.04. The van der Waals surface area contributed by atoms with Crippen molar-refractivity contribution in [3.63, 3.8) is 0 Å². The van der Waals surface area contributed by atoms with Crippen molar-refractivity contribution in [2.24, 2.45) is 0 Å². The molecule has 0 aliphatic heterocycles. The highest BCUT2D eigenvalue weighted by molar-refractivity contribution is 6.10. The Morgan fingerprint density at radius 3 is 2.48 bits per heavy atom. The fourth-order valence-corrected chi connectivity index (χ4v) is 4.50. The third kappa shape index (κ3) is 1.71. The third-order valence-corrected chi connectivity index (χ3v) is 5.63. The lowest BCUT2D eigenvalue weighted by molar-refractivity contribution is 1.27. The molecule has 0 aromatic heterocycles. The van der Waals surface area contributed by atoms with Gasteiger partial charge in [0.15, 0.2) is 0 Å². The molecule has 4 aromatic rings. The van der Waals surface area contributed by atoms with E-state index in [0.717, 1.165) is 6.42 Å². The summed E-state index contributed by atoms with van der Waals surface area (Å²) in [7, 11) is 0. The Kier molecular flexibility index (Phi) is 2.48. The lowest BCUT2D eigenvalue weighted by atomic mass is 9.90. The van der Waals surface area contributed by atoms with Gasteiger partial charge >= 0.3 is 0 Å². The first-order valence-corrected chi connectivity index (χ1v) is 8.85.